The van der Waals surface area contributed by atoms with Gasteiger partial charge in [-0.1, -0.05) is 43.6 Å². The Morgan fingerprint density at radius 1 is 1.00 bits per heavy atom. The van der Waals surface area contributed by atoms with Crippen molar-refractivity contribution in [2.24, 2.45) is 0 Å². The number of aromatic nitrogens is 4. The van der Waals surface area contributed by atoms with Crippen LogP contribution in [0.2, 0.25) is 5.02 Å². The molecule has 1 amide bonds. The number of amides is 1. The summed E-state index contributed by atoms with van der Waals surface area (Å²) in [5.41, 5.74) is 3.55. The molecule has 1 fully saturated rings. The minimum Gasteiger partial charge on any atom is -0.352 e. The third-order valence-corrected chi connectivity index (χ3v) is 6.32. The average Bonchev–Trinajstić information content (AvgIpc) is 3.28. The van der Waals surface area contributed by atoms with Gasteiger partial charge in [0.05, 0.1) is 17.3 Å². The molecule has 2 aromatic heterocycles. The molecule has 0 radical (unpaired) electrons. The van der Waals surface area contributed by atoms with E-state index in [1.165, 1.54) is 5.56 Å². The van der Waals surface area contributed by atoms with Crippen LogP contribution in [0.15, 0.2) is 61.1 Å². The summed E-state index contributed by atoms with van der Waals surface area (Å²) in [6.45, 7) is 6.98. The summed E-state index contributed by atoms with van der Waals surface area (Å²) in [5, 5.41) is 6.05. The van der Waals surface area contributed by atoms with Crippen molar-refractivity contribution in [2.75, 3.05) is 31.1 Å². The van der Waals surface area contributed by atoms with Gasteiger partial charge in [0.2, 0.25) is 0 Å². The zero-order chi connectivity index (χ0) is 22.9. The van der Waals surface area contributed by atoms with E-state index in [-0.39, 0.29) is 5.91 Å². The number of carbonyl (C=O) groups excluding carboxylic acids is 1. The number of benzene rings is 2. The van der Waals surface area contributed by atoms with E-state index in [1.807, 2.05) is 53.4 Å². The smallest absolute Gasteiger partial charge is 0.253 e. The highest BCUT2D eigenvalue weighted by atomic mass is 35.5. The number of hydrogen-bond donors (Lipinski definition) is 0. The van der Waals surface area contributed by atoms with E-state index in [1.54, 1.807) is 17.2 Å². The first-order chi connectivity index (χ1) is 16.0. The molecular formula is C25H25ClN6O. The van der Waals surface area contributed by atoms with Gasteiger partial charge in [-0.15, -0.1) is 0 Å². The molecular weight excluding hydrogens is 436 g/mol. The van der Waals surface area contributed by atoms with Crippen LogP contribution in [0.5, 0.6) is 0 Å². The fourth-order valence-electron chi connectivity index (χ4n) is 4.20. The molecule has 8 heteroatoms. The van der Waals surface area contributed by atoms with Gasteiger partial charge in [0.15, 0.2) is 5.65 Å². The Morgan fingerprint density at radius 2 is 1.76 bits per heavy atom. The number of anilines is 1. The molecule has 0 aliphatic carbocycles. The second-order valence-electron chi connectivity index (χ2n) is 8.53. The predicted molar refractivity (Wildman–Crippen MR) is 130 cm³/mol. The summed E-state index contributed by atoms with van der Waals surface area (Å²) >= 11 is 6.16. The first-order valence-electron chi connectivity index (χ1n) is 11.1. The van der Waals surface area contributed by atoms with Crippen molar-refractivity contribution >= 4 is 34.4 Å². The lowest BCUT2D eigenvalue weighted by Gasteiger charge is -2.35. The van der Waals surface area contributed by atoms with Gasteiger partial charge in [0, 0.05) is 36.8 Å². The van der Waals surface area contributed by atoms with E-state index in [2.05, 4.69) is 33.8 Å². The average molecular weight is 461 g/mol. The minimum absolute atomic E-state index is 0.0755. The lowest BCUT2D eigenvalue weighted by Crippen LogP contribution is -2.49. The van der Waals surface area contributed by atoms with Crippen LogP contribution in [0, 0.1) is 0 Å². The van der Waals surface area contributed by atoms with Crippen molar-refractivity contribution in [3.63, 3.8) is 0 Å². The number of carbonyl (C=O) groups is 1. The van der Waals surface area contributed by atoms with E-state index >= 15 is 0 Å². The van der Waals surface area contributed by atoms with Crippen LogP contribution in [0.1, 0.15) is 35.7 Å². The first-order valence-corrected chi connectivity index (χ1v) is 11.5. The Hall–Kier alpha value is -3.45. The van der Waals surface area contributed by atoms with Crippen molar-refractivity contribution in [3.8, 4) is 5.69 Å². The predicted octanol–water partition coefficient (Wildman–Crippen LogP) is 4.55. The molecule has 0 saturated carbocycles. The molecule has 5 rings (SSSR count). The summed E-state index contributed by atoms with van der Waals surface area (Å²) in [6.07, 6.45) is 3.35. The third-order valence-electron chi connectivity index (χ3n) is 6.09. The van der Waals surface area contributed by atoms with Gasteiger partial charge in [0.25, 0.3) is 5.91 Å². The molecule has 4 aromatic rings. The van der Waals surface area contributed by atoms with Crippen LogP contribution < -0.4 is 4.90 Å². The maximum absolute atomic E-state index is 13.0. The van der Waals surface area contributed by atoms with Crippen molar-refractivity contribution < 1.29 is 4.79 Å². The molecule has 1 aliphatic rings. The Bertz CT molecular complexity index is 1290. The lowest BCUT2D eigenvalue weighted by atomic mass is 10.0. The number of halogens is 1. The number of nitrogens with zero attached hydrogens (tertiary/aromatic N) is 6. The van der Waals surface area contributed by atoms with Gasteiger partial charge in [-0.25, -0.2) is 14.6 Å². The van der Waals surface area contributed by atoms with Gasteiger partial charge in [0.1, 0.15) is 12.1 Å². The maximum Gasteiger partial charge on any atom is 0.253 e. The van der Waals surface area contributed by atoms with Crippen molar-refractivity contribution in [3.05, 3.63) is 77.2 Å². The Morgan fingerprint density at radius 3 is 2.45 bits per heavy atom. The fourth-order valence-corrected chi connectivity index (χ4v) is 4.38. The summed E-state index contributed by atoms with van der Waals surface area (Å²) in [5.74, 6) is 1.36. The summed E-state index contributed by atoms with van der Waals surface area (Å²) in [4.78, 5) is 26.1. The highest BCUT2D eigenvalue weighted by Crippen LogP contribution is 2.26. The van der Waals surface area contributed by atoms with Crippen molar-refractivity contribution in [1.29, 1.82) is 0 Å². The SMILES string of the molecule is CC(C)c1ccc(C(=O)N2CCN(c3ncnc4c3cnn4-c3cccc(Cl)c3)CC2)cc1. The van der Waals surface area contributed by atoms with E-state index < -0.39 is 0 Å². The molecule has 0 atom stereocenters. The summed E-state index contributed by atoms with van der Waals surface area (Å²) < 4.78 is 1.77. The molecule has 0 unspecified atom stereocenters. The largest absolute Gasteiger partial charge is 0.352 e. The Kier molecular flexibility index (Phi) is 5.72. The number of fused-ring (bicyclic) bond motifs is 1. The zero-order valence-electron chi connectivity index (χ0n) is 18.6. The summed E-state index contributed by atoms with van der Waals surface area (Å²) in [7, 11) is 0. The fraction of sp³-hybridized carbons (Fsp3) is 0.280. The minimum atomic E-state index is 0.0755. The van der Waals surface area contributed by atoms with E-state index in [0.717, 1.165) is 28.1 Å². The van der Waals surface area contributed by atoms with Gasteiger partial charge >= 0.3 is 0 Å². The molecule has 1 aliphatic heterocycles. The molecule has 2 aromatic carbocycles. The highest BCUT2D eigenvalue weighted by Gasteiger charge is 2.25. The van der Waals surface area contributed by atoms with Crippen molar-refractivity contribution in [2.45, 2.75) is 19.8 Å². The lowest BCUT2D eigenvalue weighted by molar-refractivity contribution is 0.0746. The second kappa shape index (κ2) is 8.83. The van der Waals surface area contributed by atoms with Gasteiger partial charge < -0.3 is 9.80 Å². The standard InChI is InChI=1S/C25H25ClN6O/c1-17(2)18-6-8-19(9-7-18)25(33)31-12-10-30(11-13-31)23-22-15-29-32(24(22)28-16-27-23)21-5-3-4-20(26)14-21/h3-9,14-17H,10-13H2,1-2H3. The molecule has 1 saturated heterocycles. The summed E-state index contributed by atoms with van der Waals surface area (Å²) in [6, 6.07) is 15.5. The molecule has 33 heavy (non-hydrogen) atoms. The van der Waals surface area contributed by atoms with E-state index in [0.29, 0.717) is 37.1 Å². The van der Waals surface area contributed by atoms with Gasteiger partial charge in [-0.2, -0.15) is 5.10 Å². The first kappa shape index (κ1) is 21.4. The van der Waals surface area contributed by atoms with E-state index in [9.17, 15) is 4.79 Å². The van der Waals surface area contributed by atoms with Crippen molar-refractivity contribution in [1.82, 2.24) is 24.6 Å². The molecule has 0 spiro atoms. The van der Waals surface area contributed by atoms with Gasteiger partial charge in [-0.3, -0.25) is 4.79 Å². The number of piperazine rings is 1. The highest BCUT2D eigenvalue weighted by molar-refractivity contribution is 6.30. The van der Waals surface area contributed by atoms with Crippen LogP contribution in [0.25, 0.3) is 16.7 Å². The number of rotatable bonds is 4. The Labute approximate surface area is 197 Å². The maximum atomic E-state index is 13.0. The number of hydrogen-bond acceptors (Lipinski definition) is 5. The van der Waals surface area contributed by atoms with Crippen LogP contribution in [0.4, 0.5) is 5.82 Å². The quantitative estimate of drug-likeness (QED) is 0.446. The van der Waals surface area contributed by atoms with Crippen LogP contribution >= 0.6 is 11.6 Å². The normalized spacial score (nSPS) is 14.3. The molecule has 168 valence electrons. The Balaban J connectivity index is 1.33. The van der Waals surface area contributed by atoms with Gasteiger partial charge in [-0.05, 0) is 41.8 Å². The molecule has 3 heterocycles. The monoisotopic (exact) mass is 460 g/mol. The molecule has 0 bridgehead atoms. The third kappa shape index (κ3) is 4.16. The van der Waals surface area contributed by atoms with Crippen LogP contribution in [0.3, 0.4) is 0 Å². The molecule has 0 N–H and O–H groups in total. The van der Waals surface area contributed by atoms with E-state index in [4.69, 9.17) is 11.6 Å². The topological polar surface area (TPSA) is 67.2 Å². The van der Waals surface area contributed by atoms with Crippen LogP contribution in [-0.2, 0) is 0 Å². The molecule has 7 nitrogen and oxygen atoms in total. The second-order valence-corrected chi connectivity index (χ2v) is 8.96. The zero-order valence-corrected chi connectivity index (χ0v) is 19.4. The van der Waals surface area contributed by atoms with Crippen LogP contribution in [-0.4, -0.2) is 56.7 Å².